The second-order valence-electron chi connectivity index (χ2n) is 8.01. The van der Waals surface area contributed by atoms with Crippen molar-refractivity contribution in [3.8, 4) is 0 Å². The molecule has 0 fully saturated rings. The maximum atomic E-state index is 13.3. The molecule has 5 nitrogen and oxygen atoms in total. The summed E-state index contributed by atoms with van der Waals surface area (Å²) in [5.41, 5.74) is 3.80. The molecular formula is C26H28N2O3S. The molecule has 0 bridgehead atoms. The number of sulfonamides is 1. The lowest BCUT2D eigenvalue weighted by Crippen LogP contribution is -2.36. The van der Waals surface area contributed by atoms with Gasteiger partial charge in [0.2, 0.25) is 10.0 Å². The summed E-state index contributed by atoms with van der Waals surface area (Å²) in [5.74, 6) is -0.149. The average molecular weight is 449 g/mol. The van der Waals surface area contributed by atoms with Crippen LogP contribution in [0.2, 0.25) is 0 Å². The Bertz CT molecular complexity index is 1190. The number of benzene rings is 3. The predicted molar refractivity (Wildman–Crippen MR) is 126 cm³/mol. The van der Waals surface area contributed by atoms with Crippen LogP contribution in [0.25, 0.3) is 0 Å². The normalized spacial score (nSPS) is 14.0. The van der Waals surface area contributed by atoms with Crippen LogP contribution < -0.4 is 0 Å². The van der Waals surface area contributed by atoms with E-state index in [0.717, 1.165) is 12.0 Å². The van der Waals surface area contributed by atoms with E-state index in [0.29, 0.717) is 38.2 Å². The molecule has 4 rings (SSSR count). The van der Waals surface area contributed by atoms with Gasteiger partial charge in [-0.25, -0.2) is 8.42 Å². The van der Waals surface area contributed by atoms with E-state index in [1.54, 1.807) is 23.1 Å². The van der Waals surface area contributed by atoms with Gasteiger partial charge in [-0.15, -0.1) is 0 Å². The van der Waals surface area contributed by atoms with Crippen molar-refractivity contribution in [2.24, 2.45) is 0 Å². The molecule has 1 aliphatic heterocycles. The van der Waals surface area contributed by atoms with E-state index in [1.165, 1.54) is 21.5 Å². The summed E-state index contributed by atoms with van der Waals surface area (Å²) in [6.07, 6.45) is 1.45. The number of rotatable bonds is 7. The summed E-state index contributed by atoms with van der Waals surface area (Å²) in [7, 11) is -3.69. The third-order valence-electron chi connectivity index (χ3n) is 6.00. The molecule has 0 unspecified atom stereocenters. The molecule has 166 valence electrons. The zero-order valence-corrected chi connectivity index (χ0v) is 19.1. The summed E-state index contributed by atoms with van der Waals surface area (Å²) >= 11 is 0. The van der Waals surface area contributed by atoms with Crippen LogP contribution in [-0.2, 0) is 29.4 Å². The van der Waals surface area contributed by atoms with Gasteiger partial charge in [-0.2, -0.15) is 4.31 Å². The van der Waals surface area contributed by atoms with Crippen LogP contribution in [0.3, 0.4) is 0 Å². The van der Waals surface area contributed by atoms with Crippen LogP contribution in [0.15, 0.2) is 83.8 Å². The SMILES string of the molecule is CCN(CCc1ccccc1)C(=O)c1cccc(S(=O)(=O)N2CCc3ccccc3C2)c1. The highest BCUT2D eigenvalue weighted by atomic mass is 32.2. The summed E-state index contributed by atoms with van der Waals surface area (Å²) in [4.78, 5) is 15.1. The molecule has 0 aliphatic carbocycles. The molecule has 0 N–H and O–H groups in total. The molecule has 3 aromatic carbocycles. The standard InChI is InChI=1S/C26H28N2O3S/c1-2-27(17-15-21-9-4-3-5-10-21)26(29)23-13-8-14-25(19-23)32(30,31)28-18-16-22-11-6-7-12-24(22)20-28/h3-14,19H,2,15-18,20H2,1H3. The lowest BCUT2D eigenvalue weighted by Gasteiger charge is -2.28. The molecule has 1 amide bonds. The maximum absolute atomic E-state index is 13.3. The van der Waals surface area contributed by atoms with Crippen LogP contribution in [0.1, 0.15) is 34.0 Å². The number of hydrogen-bond acceptors (Lipinski definition) is 3. The van der Waals surface area contributed by atoms with Crippen molar-refractivity contribution in [3.63, 3.8) is 0 Å². The number of fused-ring (bicyclic) bond motifs is 1. The number of carbonyl (C=O) groups is 1. The molecular weight excluding hydrogens is 420 g/mol. The summed E-state index contributed by atoms with van der Waals surface area (Å²) in [6.45, 7) is 3.88. The molecule has 0 saturated carbocycles. The molecule has 0 atom stereocenters. The summed E-state index contributed by atoms with van der Waals surface area (Å²) in [5, 5.41) is 0. The fourth-order valence-electron chi connectivity index (χ4n) is 4.11. The zero-order valence-electron chi connectivity index (χ0n) is 18.3. The highest BCUT2D eigenvalue weighted by molar-refractivity contribution is 7.89. The minimum Gasteiger partial charge on any atom is -0.339 e. The Hall–Kier alpha value is -2.96. The Morgan fingerprint density at radius 3 is 2.41 bits per heavy atom. The Labute approximate surface area is 190 Å². The highest BCUT2D eigenvalue weighted by Crippen LogP contribution is 2.25. The number of hydrogen-bond donors (Lipinski definition) is 0. The largest absolute Gasteiger partial charge is 0.339 e. The molecule has 32 heavy (non-hydrogen) atoms. The number of amides is 1. The lowest BCUT2D eigenvalue weighted by atomic mass is 10.0. The molecule has 0 radical (unpaired) electrons. The van der Waals surface area contributed by atoms with Gasteiger partial charge in [0.1, 0.15) is 0 Å². The van der Waals surface area contributed by atoms with Crippen LogP contribution in [-0.4, -0.2) is 43.2 Å². The molecule has 3 aromatic rings. The van der Waals surface area contributed by atoms with Gasteiger partial charge in [0.15, 0.2) is 0 Å². The zero-order chi connectivity index (χ0) is 22.6. The molecule has 0 aromatic heterocycles. The second-order valence-corrected chi connectivity index (χ2v) is 9.94. The topological polar surface area (TPSA) is 57.7 Å². The quantitative estimate of drug-likeness (QED) is 0.546. The fraction of sp³-hybridized carbons (Fsp3) is 0.269. The van der Waals surface area contributed by atoms with Crippen molar-refractivity contribution in [2.75, 3.05) is 19.6 Å². The van der Waals surface area contributed by atoms with Crippen molar-refractivity contribution < 1.29 is 13.2 Å². The van der Waals surface area contributed by atoms with Gasteiger partial charge in [0, 0.05) is 31.7 Å². The van der Waals surface area contributed by atoms with Gasteiger partial charge in [-0.05, 0) is 54.7 Å². The van der Waals surface area contributed by atoms with Gasteiger partial charge in [0.05, 0.1) is 4.90 Å². The highest BCUT2D eigenvalue weighted by Gasteiger charge is 2.29. The fourth-order valence-corrected chi connectivity index (χ4v) is 5.57. The molecule has 0 spiro atoms. The van der Waals surface area contributed by atoms with Gasteiger partial charge in [-0.3, -0.25) is 4.79 Å². The first-order chi connectivity index (χ1) is 15.5. The smallest absolute Gasteiger partial charge is 0.253 e. The van der Waals surface area contributed by atoms with Crippen molar-refractivity contribution in [1.82, 2.24) is 9.21 Å². The van der Waals surface area contributed by atoms with E-state index < -0.39 is 10.0 Å². The number of carbonyl (C=O) groups excluding carboxylic acids is 1. The Morgan fingerprint density at radius 2 is 1.66 bits per heavy atom. The van der Waals surface area contributed by atoms with Gasteiger partial charge < -0.3 is 4.90 Å². The van der Waals surface area contributed by atoms with Gasteiger partial charge in [-0.1, -0.05) is 60.7 Å². The molecule has 1 aliphatic rings. The van der Waals surface area contributed by atoms with Crippen LogP contribution >= 0.6 is 0 Å². The van der Waals surface area contributed by atoms with E-state index in [4.69, 9.17) is 0 Å². The van der Waals surface area contributed by atoms with Crippen molar-refractivity contribution in [3.05, 3.63) is 101 Å². The lowest BCUT2D eigenvalue weighted by molar-refractivity contribution is 0.0766. The Balaban J connectivity index is 1.51. The number of likely N-dealkylation sites (N-methyl/N-ethyl adjacent to an activating group) is 1. The number of nitrogens with zero attached hydrogens (tertiary/aromatic N) is 2. The van der Waals surface area contributed by atoms with E-state index in [1.807, 2.05) is 61.5 Å². The first-order valence-corrected chi connectivity index (χ1v) is 12.4. The van der Waals surface area contributed by atoms with Crippen LogP contribution in [0.4, 0.5) is 0 Å². The molecule has 6 heteroatoms. The average Bonchev–Trinajstić information content (AvgIpc) is 2.84. The van der Waals surface area contributed by atoms with E-state index >= 15 is 0 Å². The van der Waals surface area contributed by atoms with Crippen LogP contribution in [0, 0.1) is 0 Å². The Morgan fingerprint density at radius 1 is 0.938 bits per heavy atom. The third kappa shape index (κ3) is 4.76. The molecule has 1 heterocycles. The van der Waals surface area contributed by atoms with E-state index in [9.17, 15) is 13.2 Å². The first-order valence-electron chi connectivity index (χ1n) is 11.0. The van der Waals surface area contributed by atoms with Gasteiger partial charge in [0.25, 0.3) is 5.91 Å². The van der Waals surface area contributed by atoms with Crippen LogP contribution in [0.5, 0.6) is 0 Å². The maximum Gasteiger partial charge on any atom is 0.253 e. The third-order valence-corrected chi connectivity index (χ3v) is 7.84. The monoisotopic (exact) mass is 448 g/mol. The minimum atomic E-state index is -3.69. The summed E-state index contributed by atoms with van der Waals surface area (Å²) < 4.78 is 28.2. The van der Waals surface area contributed by atoms with E-state index in [-0.39, 0.29) is 10.8 Å². The van der Waals surface area contributed by atoms with E-state index in [2.05, 4.69) is 0 Å². The predicted octanol–water partition coefficient (Wildman–Crippen LogP) is 4.14. The Kier molecular flexibility index (Phi) is 6.72. The van der Waals surface area contributed by atoms with Gasteiger partial charge >= 0.3 is 0 Å². The minimum absolute atomic E-state index is 0.149. The van der Waals surface area contributed by atoms with Crippen molar-refractivity contribution in [2.45, 2.75) is 31.2 Å². The first kappa shape index (κ1) is 22.2. The van der Waals surface area contributed by atoms with Crippen molar-refractivity contribution in [1.29, 1.82) is 0 Å². The molecule has 0 saturated heterocycles. The summed E-state index contributed by atoms with van der Waals surface area (Å²) in [6, 6.07) is 24.4. The van der Waals surface area contributed by atoms with Crippen molar-refractivity contribution >= 4 is 15.9 Å². The second kappa shape index (κ2) is 9.67.